The van der Waals surface area contributed by atoms with Gasteiger partial charge in [-0.25, -0.2) is 0 Å². The van der Waals surface area contributed by atoms with Crippen LogP contribution < -0.4 is 14.9 Å². The summed E-state index contributed by atoms with van der Waals surface area (Å²) in [6.07, 6.45) is 0.836. The van der Waals surface area contributed by atoms with Crippen LogP contribution in [0.2, 0.25) is 5.02 Å². The van der Waals surface area contributed by atoms with Gasteiger partial charge in [0.25, 0.3) is 11.6 Å². The van der Waals surface area contributed by atoms with Crippen LogP contribution >= 0.6 is 35.3 Å². The molecule has 1 saturated heterocycles. The topological polar surface area (TPSA) is 94.0 Å². The average molecular weight is 824 g/mol. The van der Waals surface area contributed by atoms with E-state index in [0.29, 0.717) is 22.1 Å². The van der Waals surface area contributed by atoms with E-state index in [1.54, 1.807) is 17.8 Å². The Labute approximate surface area is 350 Å². The lowest BCUT2D eigenvalue weighted by molar-refractivity contribution is -0.384. The Hall–Kier alpha value is -4.52. The molecule has 0 bridgehead atoms. The summed E-state index contributed by atoms with van der Waals surface area (Å²) in [7, 11) is 2.12. The van der Waals surface area contributed by atoms with Gasteiger partial charge in [-0.2, -0.15) is 0 Å². The molecule has 57 heavy (non-hydrogen) atoms. The summed E-state index contributed by atoms with van der Waals surface area (Å²) in [4.78, 5) is 34.0. The van der Waals surface area contributed by atoms with Crippen molar-refractivity contribution in [2.75, 3.05) is 62.3 Å². The lowest BCUT2D eigenvalue weighted by atomic mass is 9.99. The van der Waals surface area contributed by atoms with E-state index in [1.807, 2.05) is 60.7 Å². The fourth-order valence-electron chi connectivity index (χ4n) is 7.03. The predicted molar refractivity (Wildman–Crippen MR) is 239 cm³/mol. The number of nitro groups is 1. The quantitative estimate of drug-likeness (QED) is 0.0388. The maximum absolute atomic E-state index is 13.2. The highest BCUT2D eigenvalue weighted by Gasteiger charge is 2.22. The lowest BCUT2D eigenvalue weighted by Crippen LogP contribution is -2.46. The first-order valence-corrected chi connectivity index (χ1v) is 21.6. The molecule has 5 aromatic rings. The molecule has 1 amide bonds. The molecule has 1 aliphatic heterocycles. The lowest BCUT2D eigenvalue weighted by Gasteiger charge is -2.36. The van der Waals surface area contributed by atoms with Crippen LogP contribution in [0.25, 0.3) is 11.1 Å². The van der Waals surface area contributed by atoms with E-state index in [2.05, 4.69) is 94.2 Å². The molecule has 1 heterocycles. The Morgan fingerprint density at radius 1 is 0.877 bits per heavy atom. The van der Waals surface area contributed by atoms with Crippen LogP contribution in [-0.2, 0) is 6.54 Å². The van der Waals surface area contributed by atoms with Crippen molar-refractivity contribution in [3.63, 3.8) is 0 Å². The highest BCUT2D eigenvalue weighted by atomic mass is 35.5. The van der Waals surface area contributed by atoms with Gasteiger partial charge in [0, 0.05) is 83.2 Å². The fraction of sp³-hybridized carbons (Fsp3) is 0.311. The molecule has 1 fully saturated rings. The number of hydrogen-bond acceptors (Lipinski definition) is 9. The van der Waals surface area contributed by atoms with Crippen LogP contribution in [0.1, 0.15) is 36.2 Å². The van der Waals surface area contributed by atoms with E-state index >= 15 is 0 Å². The van der Waals surface area contributed by atoms with Gasteiger partial charge < -0.3 is 15.1 Å². The number of carbonyl (C=O) groups is 1. The van der Waals surface area contributed by atoms with E-state index in [0.717, 1.165) is 91.1 Å². The average Bonchev–Trinajstić information content (AvgIpc) is 3.22. The third kappa shape index (κ3) is 12.5. The van der Waals surface area contributed by atoms with Gasteiger partial charge in [0.05, 0.1) is 4.92 Å². The predicted octanol–water partition coefficient (Wildman–Crippen LogP) is 10.2. The minimum Gasteiger partial charge on any atom is -0.376 e. The Bertz CT molecular complexity index is 2060. The van der Waals surface area contributed by atoms with Gasteiger partial charge in [-0.05, 0) is 115 Å². The Balaban J connectivity index is 1.01. The minimum atomic E-state index is -0.362. The van der Waals surface area contributed by atoms with Crippen molar-refractivity contribution in [1.82, 2.24) is 14.5 Å². The van der Waals surface area contributed by atoms with E-state index in [-0.39, 0.29) is 22.6 Å². The molecule has 0 aliphatic carbocycles. The first kappa shape index (κ1) is 42.1. The molecule has 0 aromatic heterocycles. The standard InChI is InChI=1S/C45H51ClN6O3S2/c1-33(2)30-49(3)24-23-38(32-56-40-10-5-4-6-11-40)47-43-22-21-41(29-44(43)52(54)55)57-48-45(53)35-15-19-39(20-16-35)51-27-25-50(26-28-51)31-36-9-7-8-12-42(36)34-13-17-37(46)18-14-34/h4-22,29,33,38,47H,23-28,30-32H2,1-3H3,(H,48,53)/t38-/m1/s1. The molecule has 0 radical (unpaired) electrons. The summed E-state index contributed by atoms with van der Waals surface area (Å²) in [5.74, 6) is 1.06. The summed E-state index contributed by atoms with van der Waals surface area (Å²) < 4.78 is 2.87. The van der Waals surface area contributed by atoms with Crippen molar-refractivity contribution in [1.29, 1.82) is 0 Å². The monoisotopic (exact) mass is 822 g/mol. The SMILES string of the molecule is CC(C)CN(C)CC[C@H](CSc1ccccc1)Nc1ccc(SNC(=O)c2ccc(N3CCN(Cc4ccccc4-c4ccc(Cl)cc4)CC3)cc2)cc1[N+](=O)[O-]. The number of nitrogens with one attached hydrogen (secondary N) is 2. The number of anilines is 2. The van der Waals surface area contributed by atoms with Crippen LogP contribution in [0.15, 0.2) is 131 Å². The van der Waals surface area contributed by atoms with Gasteiger partial charge in [-0.15, -0.1) is 11.8 Å². The maximum atomic E-state index is 13.2. The Kier molecular flexibility index (Phi) is 15.3. The zero-order chi connectivity index (χ0) is 40.1. The Morgan fingerprint density at radius 3 is 2.28 bits per heavy atom. The van der Waals surface area contributed by atoms with Gasteiger partial charge in [-0.3, -0.25) is 24.5 Å². The number of nitrogens with zero attached hydrogens (tertiary/aromatic N) is 4. The molecule has 5 aromatic carbocycles. The van der Waals surface area contributed by atoms with Gasteiger partial charge in [0.15, 0.2) is 0 Å². The van der Waals surface area contributed by atoms with Gasteiger partial charge in [0.2, 0.25) is 0 Å². The number of amides is 1. The van der Waals surface area contributed by atoms with E-state index in [4.69, 9.17) is 11.6 Å². The number of thioether (sulfide) groups is 1. The summed E-state index contributed by atoms with van der Waals surface area (Å²) in [5.41, 5.74) is 5.74. The molecule has 298 valence electrons. The van der Waals surface area contributed by atoms with Crippen LogP contribution in [-0.4, -0.2) is 78.7 Å². The summed E-state index contributed by atoms with van der Waals surface area (Å²) in [5, 5.41) is 16.5. The number of halogens is 1. The molecule has 9 nitrogen and oxygen atoms in total. The number of piperazine rings is 1. The molecule has 0 unspecified atom stereocenters. The number of nitro benzene ring substituents is 1. The smallest absolute Gasteiger partial charge is 0.293 e. The Morgan fingerprint density at radius 2 is 1.58 bits per heavy atom. The zero-order valence-electron chi connectivity index (χ0n) is 32.8. The van der Waals surface area contributed by atoms with Crippen LogP contribution in [0.4, 0.5) is 17.1 Å². The van der Waals surface area contributed by atoms with Crippen LogP contribution in [0, 0.1) is 16.0 Å². The molecular formula is C45H51ClN6O3S2. The van der Waals surface area contributed by atoms with Crippen molar-refractivity contribution in [2.45, 2.75) is 42.6 Å². The van der Waals surface area contributed by atoms with Crippen LogP contribution in [0.3, 0.4) is 0 Å². The molecular weight excluding hydrogens is 772 g/mol. The van der Waals surface area contributed by atoms with Crippen molar-refractivity contribution >= 4 is 58.3 Å². The number of carbonyl (C=O) groups excluding carboxylic acids is 1. The fourth-order valence-corrected chi connectivity index (χ4v) is 8.79. The summed E-state index contributed by atoms with van der Waals surface area (Å²) in [6.45, 7) is 10.8. The molecule has 6 rings (SSSR count). The largest absolute Gasteiger partial charge is 0.376 e. The second-order valence-electron chi connectivity index (χ2n) is 14.9. The van der Waals surface area contributed by atoms with Gasteiger partial charge in [-0.1, -0.05) is 80.0 Å². The van der Waals surface area contributed by atoms with Crippen molar-refractivity contribution in [3.8, 4) is 11.1 Å². The number of rotatable bonds is 18. The molecule has 1 aliphatic rings. The zero-order valence-corrected chi connectivity index (χ0v) is 35.2. The second kappa shape index (κ2) is 20.8. The van der Waals surface area contributed by atoms with Gasteiger partial charge in [0.1, 0.15) is 5.69 Å². The normalized spacial score (nSPS) is 13.8. The number of hydrogen-bond donors (Lipinski definition) is 2. The third-order valence-electron chi connectivity index (χ3n) is 9.95. The van der Waals surface area contributed by atoms with Crippen molar-refractivity contribution in [3.05, 3.63) is 148 Å². The highest BCUT2D eigenvalue weighted by Crippen LogP contribution is 2.32. The first-order chi connectivity index (χ1) is 27.6. The second-order valence-corrected chi connectivity index (χ2v) is 17.3. The first-order valence-electron chi connectivity index (χ1n) is 19.4. The highest BCUT2D eigenvalue weighted by molar-refractivity contribution is 7.99. The van der Waals surface area contributed by atoms with E-state index < -0.39 is 0 Å². The molecule has 0 spiro atoms. The third-order valence-corrected chi connectivity index (χ3v) is 12.2. The molecule has 0 saturated carbocycles. The molecule has 2 N–H and O–H groups in total. The maximum Gasteiger partial charge on any atom is 0.293 e. The van der Waals surface area contributed by atoms with E-state index in [1.165, 1.54) is 17.2 Å². The van der Waals surface area contributed by atoms with Crippen molar-refractivity contribution < 1.29 is 9.72 Å². The van der Waals surface area contributed by atoms with Gasteiger partial charge >= 0.3 is 0 Å². The minimum absolute atomic E-state index is 0.0109. The number of benzene rings is 5. The summed E-state index contributed by atoms with van der Waals surface area (Å²) in [6, 6.07) is 39.5. The van der Waals surface area contributed by atoms with Crippen LogP contribution in [0.5, 0.6) is 0 Å². The molecule has 12 heteroatoms. The van der Waals surface area contributed by atoms with Crippen molar-refractivity contribution in [2.24, 2.45) is 5.92 Å². The summed E-state index contributed by atoms with van der Waals surface area (Å²) >= 11 is 8.95. The molecule has 1 atom stereocenters. The van der Waals surface area contributed by atoms with E-state index in [9.17, 15) is 14.9 Å².